The summed E-state index contributed by atoms with van der Waals surface area (Å²) in [5.41, 5.74) is 3.93. The molecule has 0 atom stereocenters. The molecule has 0 saturated carbocycles. The molecule has 0 fully saturated rings. The van der Waals surface area contributed by atoms with Crippen molar-refractivity contribution in [3.63, 3.8) is 0 Å². The Labute approximate surface area is 186 Å². The van der Waals surface area contributed by atoms with Gasteiger partial charge >= 0.3 is 0 Å². The average Bonchev–Trinajstić information content (AvgIpc) is 3.22. The van der Waals surface area contributed by atoms with E-state index in [1.54, 1.807) is 29.7 Å². The molecule has 0 aliphatic heterocycles. The lowest BCUT2D eigenvalue weighted by Gasteiger charge is -2.17. The summed E-state index contributed by atoms with van der Waals surface area (Å²) < 4.78 is 21.1. The minimum atomic E-state index is -1.22. The molecule has 174 valence electrons. The van der Waals surface area contributed by atoms with Crippen LogP contribution < -0.4 is 10.8 Å². The minimum Gasteiger partial charge on any atom is -0.366 e. The number of anilines is 2. The van der Waals surface area contributed by atoms with Gasteiger partial charge in [0, 0.05) is 0 Å². The molecule has 0 bridgehead atoms. The van der Waals surface area contributed by atoms with E-state index in [2.05, 4.69) is 20.8 Å². The van der Waals surface area contributed by atoms with Crippen LogP contribution in [0.4, 0.5) is 15.9 Å². The lowest BCUT2D eigenvalue weighted by atomic mass is 10.2. The lowest BCUT2D eigenvalue weighted by molar-refractivity contribution is -0.178. The number of aryl methyl sites for hydroxylation is 1. The van der Waals surface area contributed by atoms with E-state index in [0.717, 1.165) is 5.56 Å². The number of rotatable bonds is 9. The number of benzene rings is 1. The lowest BCUT2D eigenvalue weighted by Crippen LogP contribution is -2.28. The highest BCUT2D eigenvalue weighted by Crippen LogP contribution is 2.24. The highest BCUT2D eigenvalue weighted by molar-refractivity contribution is 5.97. The molecule has 3 N–H and O–H groups in total. The Balaban J connectivity index is 0.00000176. The molecule has 32 heavy (non-hydrogen) atoms. The Kier molecular flexibility index (Phi) is 9.06. The number of amides is 1. The topological polar surface area (TPSA) is 110 Å². The largest absolute Gasteiger partial charge is 0.366 e. The van der Waals surface area contributed by atoms with Crippen molar-refractivity contribution >= 4 is 22.9 Å². The van der Waals surface area contributed by atoms with Gasteiger partial charge < -0.3 is 15.2 Å². The Morgan fingerprint density at radius 3 is 2.69 bits per heavy atom. The van der Waals surface area contributed by atoms with Crippen LogP contribution in [0.5, 0.6) is 0 Å². The highest BCUT2D eigenvalue weighted by atomic mass is 19.1. The van der Waals surface area contributed by atoms with E-state index < -0.39 is 17.5 Å². The summed E-state index contributed by atoms with van der Waals surface area (Å²) in [6.45, 7) is 9.27. The van der Waals surface area contributed by atoms with Crippen LogP contribution in [-0.2, 0) is 9.57 Å². The average molecular weight is 448 g/mol. The van der Waals surface area contributed by atoms with Gasteiger partial charge in [-0.25, -0.2) is 19.8 Å². The number of halogens is 1. The highest BCUT2D eigenvalue weighted by Gasteiger charge is 2.19. The Bertz CT molecular complexity index is 1030. The second kappa shape index (κ2) is 11.5. The molecule has 1 aromatic carbocycles. The van der Waals surface area contributed by atoms with E-state index in [9.17, 15) is 14.3 Å². The zero-order valence-corrected chi connectivity index (χ0v) is 19.0. The molecule has 9 nitrogen and oxygen atoms in total. The number of ether oxygens (including phenoxy) is 1. The number of aromatic nitrogens is 3. The summed E-state index contributed by atoms with van der Waals surface area (Å²) in [5, 5.41) is 12.4. The molecule has 3 rings (SSSR count). The van der Waals surface area contributed by atoms with Crippen molar-refractivity contribution in [1.82, 2.24) is 19.8 Å². The van der Waals surface area contributed by atoms with E-state index in [1.165, 1.54) is 32.4 Å². The molecule has 0 spiro atoms. The number of hydroxylamine groups is 1. The van der Waals surface area contributed by atoms with Crippen LogP contribution in [0.3, 0.4) is 0 Å². The molecular formula is C22H30FN5O4. The maximum Gasteiger partial charge on any atom is 0.297 e. The number of fused-ring (bicyclic) bond motifs is 1. The van der Waals surface area contributed by atoms with E-state index in [4.69, 9.17) is 9.57 Å². The molecule has 1 amide bonds. The van der Waals surface area contributed by atoms with Gasteiger partial charge in [0.2, 0.25) is 0 Å². The van der Waals surface area contributed by atoms with Gasteiger partial charge in [0.05, 0.1) is 36.8 Å². The van der Waals surface area contributed by atoms with E-state index >= 15 is 0 Å². The van der Waals surface area contributed by atoms with Crippen molar-refractivity contribution in [3.05, 3.63) is 54.0 Å². The quantitative estimate of drug-likeness (QED) is 0.260. The van der Waals surface area contributed by atoms with Gasteiger partial charge in [-0.15, -0.1) is 0 Å². The standard InChI is InChI=1S/C20H24FN5O4.C2H6/c1-13-5-6-16(15(21)9-13)24-18-17(23-11-14-10-22-12-26(14)18)19(27)25-30-8-4-7-29-20(2,3)28;1-2/h5-6,9-12,24,28H,4,7-8H2,1-3H3,(H,25,27);1-2H3. The zero-order chi connectivity index (χ0) is 23.7. The number of imidazole rings is 1. The number of nitrogens with one attached hydrogen (secondary N) is 2. The van der Waals surface area contributed by atoms with Gasteiger partial charge in [0.15, 0.2) is 11.5 Å². The van der Waals surface area contributed by atoms with Crippen molar-refractivity contribution < 1.29 is 23.9 Å². The zero-order valence-electron chi connectivity index (χ0n) is 19.0. The van der Waals surface area contributed by atoms with Gasteiger partial charge in [-0.2, -0.15) is 0 Å². The Morgan fingerprint density at radius 1 is 1.25 bits per heavy atom. The van der Waals surface area contributed by atoms with Gasteiger partial charge in [-0.05, 0) is 44.9 Å². The molecule has 2 heterocycles. The van der Waals surface area contributed by atoms with Crippen LogP contribution in [0.1, 0.15) is 50.2 Å². The van der Waals surface area contributed by atoms with Crippen molar-refractivity contribution in [2.75, 3.05) is 18.5 Å². The van der Waals surface area contributed by atoms with Crippen molar-refractivity contribution in [2.24, 2.45) is 0 Å². The van der Waals surface area contributed by atoms with Crippen LogP contribution in [-0.4, -0.2) is 44.4 Å². The number of aliphatic hydroxyl groups is 1. The first kappa shape index (κ1) is 25.2. The Hall–Kier alpha value is -3.08. The van der Waals surface area contributed by atoms with Crippen LogP contribution in [0, 0.1) is 12.7 Å². The summed E-state index contributed by atoms with van der Waals surface area (Å²) in [4.78, 5) is 26.0. The third-order valence-electron chi connectivity index (χ3n) is 4.06. The van der Waals surface area contributed by atoms with Crippen LogP contribution in [0.25, 0.3) is 5.52 Å². The monoisotopic (exact) mass is 447 g/mol. The fraction of sp³-hybridized carbons (Fsp3) is 0.409. The van der Waals surface area contributed by atoms with E-state index in [1.807, 2.05) is 13.8 Å². The second-order valence-electron chi connectivity index (χ2n) is 7.18. The maximum absolute atomic E-state index is 14.3. The Morgan fingerprint density at radius 2 is 2.00 bits per heavy atom. The van der Waals surface area contributed by atoms with Crippen LogP contribution >= 0.6 is 0 Å². The molecule has 3 aromatic rings. The summed E-state index contributed by atoms with van der Waals surface area (Å²) >= 11 is 0. The molecule has 0 aliphatic carbocycles. The van der Waals surface area contributed by atoms with Gasteiger partial charge in [-0.3, -0.25) is 14.0 Å². The fourth-order valence-electron chi connectivity index (χ4n) is 2.65. The first-order valence-corrected chi connectivity index (χ1v) is 10.4. The third kappa shape index (κ3) is 6.98. The van der Waals surface area contributed by atoms with E-state index in [0.29, 0.717) is 11.9 Å². The molecule has 10 heteroatoms. The fourth-order valence-corrected chi connectivity index (χ4v) is 2.65. The maximum atomic E-state index is 14.3. The molecule has 0 unspecified atom stereocenters. The normalized spacial score (nSPS) is 11.1. The third-order valence-corrected chi connectivity index (χ3v) is 4.06. The predicted octanol–water partition coefficient (Wildman–Crippen LogP) is 3.74. The van der Waals surface area contributed by atoms with Crippen molar-refractivity contribution in [1.29, 1.82) is 0 Å². The second-order valence-corrected chi connectivity index (χ2v) is 7.18. The number of carbonyl (C=O) groups is 1. The van der Waals surface area contributed by atoms with Crippen molar-refractivity contribution in [3.8, 4) is 0 Å². The molecule has 2 aromatic heterocycles. The smallest absolute Gasteiger partial charge is 0.297 e. The summed E-state index contributed by atoms with van der Waals surface area (Å²) in [6.07, 6.45) is 5.01. The SMILES string of the molecule is CC.Cc1ccc(Nc2c(C(=O)NOCCCOC(C)(C)O)ncc3cncn23)c(F)c1. The van der Waals surface area contributed by atoms with Gasteiger partial charge in [-0.1, -0.05) is 19.9 Å². The molecular weight excluding hydrogens is 417 g/mol. The van der Waals surface area contributed by atoms with Gasteiger partial charge in [0.25, 0.3) is 5.91 Å². The summed E-state index contributed by atoms with van der Waals surface area (Å²) in [5.74, 6) is -2.04. The summed E-state index contributed by atoms with van der Waals surface area (Å²) in [6, 6.07) is 4.73. The predicted molar refractivity (Wildman–Crippen MR) is 119 cm³/mol. The van der Waals surface area contributed by atoms with Crippen molar-refractivity contribution in [2.45, 2.75) is 46.8 Å². The first-order chi connectivity index (χ1) is 15.2. The minimum absolute atomic E-state index is 0.00761. The number of hydrogen-bond acceptors (Lipinski definition) is 7. The van der Waals surface area contributed by atoms with E-state index in [-0.39, 0.29) is 30.4 Å². The number of nitrogens with zero attached hydrogens (tertiary/aromatic N) is 3. The number of hydrogen-bond donors (Lipinski definition) is 3. The first-order valence-electron chi connectivity index (χ1n) is 10.4. The van der Waals surface area contributed by atoms with Crippen LogP contribution in [0.15, 0.2) is 36.9 Å². The van der Waals surface area contributed by atoms with Crippen LogP contribution in [0.2, 0.25) is 0 Å². The molecule has 0 saturated heterocycles. The summed E-state index contributed by atoms with van der Waals surface area (Å²) in [7, 11) is 0. The molecule has 0 aliphatic rings. The van der Waals surface area contributed by atoms with Gasteiger partial charge in [0.1, 0.15) is 18.0 Å². The molecule has 0 radical (unpaired) electrons. The number of carbonyl (C=O) groups excluding carboxylic acids is 1.